The maximum absolute atomic E-state index is 12.5. The van der Waals surface area contributed by atoms with Crippen LogP contribution in [0.25, 0.3) is 0 Å². The summed E-state index contributed by atoms with van der Waals surface area (Å²) in [6, 6.07) is 6.09. The molecule has 2 N–H and O–H groups in total. The van der Waals surface area contributed by atoms with Crippen LogP contribution in [0.2, 0.25) is 0 Å². The summed E-state index contributed by atoms with van der Waals surface area (Å²) in [6.45, 7) is 4.02. The van der Waals surface area contributed by atoms with Gasteiger partial charge in [0.1, 0.15) is 0 Å². The van der Waals surface area contributed by atoms with E-state index in [-0.39, 0.29) is 11.4 Å². The number of rotatable bonds is 2. The highest BCUT2D eigenvalue weighted by molar-refractivity contribution is 5.96. The number of hydrogen-bond donors (Lipinski definition) is 2. The summed E-state index contributed by atoms with van der Waals surface area (Å²) < 4.78 is 0. The van der Waals surface area contributed by atoms with Crippen LogP contribution in [0.1, 0.15) is 54.1 Å². The molecule has 102 valence electrons. The Balaban J connectivity index is 1.83. The van der Waals surface area contributed by atoms with Crippen molar-refractivity contribution in [1.82, 2.24) is 10.6 Å². The average molecular weight is 258 g/mol. The van der Waals surface area contributed by atoms with Crippen LogP contribution in [0.4, 0.5) is 0 Å². The van der Waals surface area contributed by atoms with E-state index < -0.39 is 0 Å². The quantitative estimate of drug-likeness (QED) is 0.855. The lowest BCUT2D eigenvalue weighted by Gasteiger charge is -2.27. The summed E-state index contributed by atoms with van der Waals surface area (Å²) in [5.41, 5.74) is 3.40. The zero-order valence-corrected chi connectivity index (χ0v) is 11.6. The molecule has 3 nitrogen and oxygen atoms in total. The molecule has 1 aromatic rings. The monoisotopic (exact) mass is 258 g/mol. The molecule has 1 amide bonds. The van der Waals surface area contributed by atoms with E-state index >= 15 is 0 Å². The third kappa shape index (κ3) is 2.52. The lowest BCUT2D eigenvalue weighted by molar-refractivity contribution is 0.0907. The molecule has 0 unspecified atom stereocenters. The van der Waals surface area contributed by atoms with Gasteiger partial charge in [0.25, 0.3) is 5.91 Å². The third-order valence-electron chi connectivity index (χ3n) is 4.51. The Labute approximate surface area is 114 Å². The number of nitrogens with one attached hydrogen (secondary N) is 2. The van der Waals surface area contributed by atoms with Gasteiger partial charge >= 0.3 is 0 Å². The fourth-order valence-electron chi connectivity index (χ4n) is 3.37. The number of fused-ring (bicyclic) bond motifs is 1. The summed E-state index contributed by atoms with van der Waals surface area (Å²) in [5, 5.41) is 6.62. The van der Waals surface area contributed by atoms with Crippen molar-refractivity contribution in [3.05, 3.63) is 34.9 Å². The van der Waals surface area contributed by atoms with Crippen molar-refractivity contribution in [2.75, 3.05) is 6.54 Å². The van der Waals surface area contributed by atoms with E-state index in [9.17, 15) is 4.79 Å². The highest BCUT2D eigenvalue weighted by Crippen LogP contribution is 2.29. The van der Waals surface area contributed by atoms with Crippen LogP contribution in [-0.4, -0.2) is 18.0 Å². The molecular formula is C16H22N2O. The number of benzene rings is 1. The lowest BCUT2D eigenvalue weighted by Crippen LogP contribution is -2.44. The molecule has 2 aliphatic rings. The van der Waals surface area contributed by atoms with Gasteiger partial charge in [0.15, 0.2) is 0 Å². The number of amides is 1. The maximum atomic E-state index is 12.5. The van der Waals surface area contributed by atoms with Crippen molar-refractivity contribution in [2.24, 2.45) is 0 Å². The second-order valence-electron chi connectivity index (χ2n) is 6.09. The first-order chi connectivity index (χ1) is 9.18. The molecular weight excluding hydrogens is 236 g/mol. The molecule has 1 fully saturated rings. The van der Waals surface area contributed by atoms with Gasteiger partial charge in [-0.25, -0.2) is 0 Å². The molecule has 3 rings (SSSR count). The van der Waals surface area contributed by atoms with Crippen LogP contribution in [0, 0.1) is 0 Å². The first kappa shape index (κ1) is 12.7. The Morgan fingerprint density at radius 1 is 1.32 bits per heavy atom. The van der Waals surface area contributed by atoms with Crippen molar-refractivity contribution in [3.63, 3.8) is 0 Å². The highest BCUT2D eigenvalue weighted by atomic mass is 16.1. The number of hydrogen-bond acceptors (Lipinski definition) is 2. The maximum Gasteiger partial charge on any atom is 0.251 e. The van der Waals surface area contributed by atoms with Crippen molar-refractivity contribution < 1.29 is 4.79 Å². The van der Waals surface area contributed by atoms with Gasteiger partial charge in [-0.15, -0.1) is 0 Å². The predicted molar refractivity (Wildman–Crippen MR) is 76.2 cm³/mol. The first-order valence-electron chi connectivity index (χ1n) is 7.32. The molecule has 1 saturated carbocycles. The molecule has 0 aromatic heterocycles. The van der Waals surface area contributed by atoms with Gasteiger partial charge in [-0.05, 0) is 49.9 Å². The van der Waals surface area contributed by atoms with Crippen molar-refractivity contribution >= 4 is 5.91 Å². The summed E-state index contributed by atoms with van der Waals surface area (Å²) in [7, 11) is 0. The Morgan fingerprint density at radius 3 is 2.89 bits per heavy atom. The van der Waals surface area contributed by atoms with E-state index in [0.29, 0.717) is 0 Å². The summed E-state index contributed by atoms with van der Waals surface area (Å²) in [5.74, 6) is 0.114. The highest BCUT2D eigenvalue weighted by Gasteiger charge is 2.31. The van der Waals surface area contributed by atoms with Crippen LogP contribution in [0.15, 0.2) is 18.2 Å². The van der Waals surface area contributed by atoms with Crippen molar-refractivity contribution in [1.29, 1.82) is 0 Å². The van der Waals surface area contributed by atoms with Crippen molar-refractivity contribution in [2.45, 2.75) is 51.1 Å². The minimum Gasteiger partial charge on any atom is -0.347 e. The zero-order valence-electron chi connectivity index (χ0n) is 11.6. The summed E-state index contributed by atoms with van der Waals surface area (Å²) >= 11 is 0. The van der Waals surface area contributed by atoms with E-state index in [4.69, 9.17) is 0 Å². The Hall–Kier alpha value is -1.35. The van der Waals surface area contributed by atoms with Gasteiger partial charge in [0.05, 0.1) is 0 Å². The summed E-state index contributed by atoms with van der Waals surface area (Å²) in [6.07, 6.45) is 5.63. The SMILES string of the molecule is CC1(NC(=O)c2cccc3c2CCNC3)CCCC1. The van der Waals surface area contributed by atoms with Gasteiger partial charge in [0.2, 0.25) is 0 Å². The Morgan fingerprint density at radius 2 is 2.11 bits per heavy atom. The van der Waals surface area contributed by atoms with Crippen molar-refractivity contribution in [3.8, 4) is 0 Å². The van der Waals surface area contributed by atoms with E-state index in [1.54, 1.807) is 0 Å². The van der Waals surface area contributed by atoms with Gasteiger partial charge in [-0.2, -0.15) is 0 Å². The Bertz CT molecular complexity index is 490. The lowest BCUT2D eigenvalue weighted by atomic mass is 9.93. The molecule has 3 heteroatoms. The number of carbonyl (C=O) groups excluding carboxylic acids is 1. The topological polar surface area (TPSA) is 41.1 Å². The molecule has 1 aliphatic carbocycles. The first-order valence-corrected chi connectivity index (χ1v) is 7.32. The molecule has 0 radical (unpaired) electrons. The van der Waals surface area contributed by atoms with E-state index in [1.807, 2.05) is 12.1 Å². The average Bonchev–Trinajstić information content (AvgIpc) is 2.84. The van der Waals surface area contributed by atoms with Gasteiger partial charge in [0, 0.05) is 17.6 Å². The molecule has 0 saturated heterocycles. The summed E-state index contributed by atoms with van der Waals surface area (Å²) in [4.78, 5) is 12.5. The van der Waals surface area contributed by atoms with Crippen LogP contribution in [-0.2, 0) is 13.0 Å². The molecule has 1 aromatic carbocycles. The van der Waals surface area contributed by atoms with Gasteiger partial charge < -0.3 is 10.6 Å². The van der Waals surface area contributed by atoms with Gasteiger partial charge in [-0.3, -0.25) is 4.79 Å². The van der Waals surface area contributed by atoms with Crippen LogP contribution < -0.4 is 10.6 Å². The minimum absolute atomic E-state index is 0.00667. The molecule has 1 aliphatic heterocycles. The second-order valence-corrected chi connectivity index (χ2v) is 6.09. The predicted octanol–water partition coefficient (Wildman–Crippen LogP) is 2.39. The van der Waals surface area contributed by atoms with E-state index in [0.717, 1.165) is 37.9 Å². The third-order valence-corrected chi connectivity index (χ3v) is 4.51. The smallest absolute Gasteiger partial charge is 0.251 e. The Kier molecular flexibility index (Phi) is 3.31. The molecule has 0 spiro atoms. The zero-order chi connectivity index (χ0) is 13.3. The number of carbonyl (C=O) groups is 1. The fraction of sp³-hybridized carbons (Fsp3) is 0.562. The van der Waals surface area contributed by atoms with E-state index in [2.05, 4.69) is 23.6 Å². The molecule has 1 heterocycles. The van der Waals surface area contributed by atoms with E-state index in [1.165, 1.54) is 24.0 Å². The normalized spacial score (nSPS) is 20.9. The second kappa shape index (κ2) is 4.97. The van der Waals surface area contributed by atoms with Crippen LogP contribution in [0.5, 0.6) is 0 Å². The van der Waals surface area contributed by atoms with Crippen LogP contribution >= 0.6 is 0 Å². The minimum atomic E-state index is 0.00667. The molecule has 0 bridgehead atoms. The molecule has 19 heavy (non-hydrogen) atoms. The molecule has 0 atom stereocenters. The fourth-order valence-corrected chi connectivity index (χ4v) is 3.37. The standard InChI is InChI=1S/C16H22N2O/c1-16(8-2-3-9-16)18-15(19)14-6-4-5-12-11-17-10-7-13(12)14/h4-6,17H,2-3,7-11H2,1H3,(H,18,19). The van der Waals surface area contributed by atoms with Crippen LogP contribution in [0.3, 0.4) is 0 Å². The van der Waals surface area contributed by atoms with Gasteiger partial charge in [-0.1, -0.05) is 25.0 Å². The largest absolute Gasteiger partial charge is 0.347 e.